The largest absolute Gasteiger partial charge is 0.481 e. The number of carbonyl (C=O) groups is 2. The number of nitrogens with zero attached hydrogens (tertiary/aromatic N) is 1. The van der Waals surface area contributed by atoms with Gasteiger partial charge in [-0.15, -0.1) is 0 Å². The van der Waals surface area contributed by atoms with Crippen LogP contribution in [-0.2, 0) is 15.8 Å². The molecule has 1 atom stereocenters. The highest BCUT2D eigenvalue weighted by Gasteiger charge is 2.36. The van der Waals surface area contributed by atoms with Crippen LogP contribution in [0, 0.1) is 17.6 Å². The summed E-state index contributed by atoms with van der Waals surface area (Å²) in [7, 11) is 0. The average molecular weight is 505 g/mol. The molecule has 1 amide bonds. The van der Waals surface area contributed by atoms with E-state index in [1.165, 1.54) is 23.1 Å². The summed E-state index contributed by atoms with van der Waals surface area (Å²) in [6.45, 7) is 1.78. The van der Waals surface area contributed by atoms with E-state index in [0.29, 0.717) is 18.9 Å². The number of benzene rings is 1. The van der Waals surface area contributed by atoms with E-state index in [9.17, 15) is 31.5 Å². The number of hydrogen-bond donors (Lipinski definition) is 1. The number of hydrogen-bond acceptors (Lipinski definition) is 5. The Morgan fingerprint density at radius 1 is 1.27 bits per heavy atom. The van der Waals surface area contributed by atoms with E-state index in [-0.39, 0.29) is 33.4 Å². The third-order valence-corrected chi connectivity index (χ3v) is 6.22. The molecule has 0 aliphatic carbocycles. The van der Waals surface area contributed by atoms with E-state index in [1.54, 1.807) is 6.92 Å². The molecule has 2 aromatic rings. The van der Waals surface area contributed by atoms with Crippen LogP contribution in [0.1, 0.15) is 31.1 Å². The van der Waals surface area contributed by atoms with Crippen LogP contribution in [0.2, 0.25) is 0 Å². The van der Waals surface area contributed by atoms with Crippen molar-refractivity contribution in [1.29, 1.82) is 0 Å². The first kappa shape index (κ1) is 24.9. The Morgan fingerprint density at radius 3 is 2.61 bits per heavy atom. The Hall–Kier alpha value is -2.73. The summed E-state index contributed by atoms with van der Waals surface area (Å²) >= 11 is 6.17. The smallest absolute Gasteiger partial charge is 0.419 e. The minimum Gasteiger partial charge on any atom is -0.481 e. The predicted octanol–water partition coefficient (Wildman–Crippen LogP) is 5.95. The Labute approximate surface area is 194 Å². The minimum absolute atomic E-state index is 0.0577. The Balaban J connectivity index is 1.78. The lowest BCUT2D eigenvalue weighted by Crippen LogP contribution is -2.29. The number of carbonyl (C=O) groups excluding carboxylic acids is 1. The maximum atomic E-state index is 14.1. The van der Waals surface area contributed by atoms with Crippen molar-refractivity contribution in [2.45, 2.75) is 25.9 Å². The molecule has 1 unspecified atom stereocenters. The fraction of sp³-hybridized carbons (Fsp3) is 0.286. The van der Waals surface area contributed by atoms with Crippen molar-refractivity contribution < 1.29 is 41.1 Å². The van der Waals surface area contributed by atoms with Crippen LogP contribution in [-0.4, -0.2) is 32.7 Å². The molecule has 1 saturated heterocycles. The zero-order valence-electron chi connectivity index (χ0n) is 16.9. The van der Waals surface area contributed by atoms with E-state index in [4.69, 9.17) is 21.7 Å². The summed E-state index contributed by atoms with van der Waals surface area (Å²) in [4.78, 5) is 25.0. The SMILES string of the molecule is CC(CCCN1C(=O)C(=Cc2ccc(-c3cc(C(F)(F)F)c(F)cc3F)o2)SC1=S)C(=O)O. The van der Waals surface area contributed by atoms with Gasteiger partial charge in [0.1, 0.15) is 27.5 Å². The second-order valence-electron chi connectivity index (χ2n) is 7.23. The van der Waals surface area contributed by atoms with Crippen molar-refractivity contribution in [1.82, 2.24) is 4.90 Å². The standard InChI is InChI=1S/C21H16F5NO4S2/c1-10(19(29)30)3-2-6-27-18(28)17(33-20(27)32)7-11-4-5-16(31-11)12-8-13(21(24,25)26)15(23)9-14(12)22/h4-5,7-10H,2-3,6H2,1H3,(H,29,30). The molecular formula is C21H16F5NO4S2. The first-order valence-corrected chi connectivity index (χ1v) is 10.8. The van der Waals surface area contributed by atoms with Gasteiger partial charge in [-0.3, -0.25) is 14.5 Å². The highest BCUT2D eigenvalue weighted by molar-refractivity contribution is 8.26. The van der Waals surface area contributed by atoms with Crippen molar-refractivity contribution in [3.8, 4) is 11.3 Å². The number of alkyl halides is 3. The first-order chi connectivity index (χ1) is 15.4. The summed E-state index contributed by atoms with van der Waals surface area (Å²) in [6, 6.07) is 2.99. The number of aliphatic carboxylic acids is 1. The van der Waals surface area contributed by atoms with Gasteiger partial charge in [-0.1, -0.05) is 30.9 Å². The molecule has 1 aromatic carbocycles. The fourth-order valence-electron chi connectivity index (χ4n) is 3.03. The third kappa shape index (κ3) is 5.61. The van der Waals surface area contributed by atoms with Crippen LogP contribution in [0.5, 0.6) is 0 Å². The van der Waals surface area contributed by atoms with Crippen LogP contribution < -0.4 is 0 Å². The molecule has 0 radical (unpaired) electrons. The lowest BCUT2D eigenvalue weighted by molar-refractivity contribution is -0.141. The maximum absolute atomic E-state index is 14.1. The summed E-state index contributed by atoms with van der Waals surface area (Å²) in [5, 5.41) is 8.93. The van der Waals surface area contributed by atoms with E-state index in [0.717, 1.165) is 11.8 Å². The summed E-state index contributed by atoms with van der Waals surface area (Å²) in [6.07, 6.45) is -2.92. The zero-order valence-corrected chi connectivity index (χ0v) is 18.5. The van der Waals surface area contributed by atoms with Gasteiger partial charge in [0.05, 0.1) is 21.9 Å². The quantitative estimate of drug-likeness (QED) is 0.285. The minimum atomic E-state index is -5.02. The molecule has 1 fully saturated rings. The Bertz CT molecular complexity index is 1140. The molecule has 176 valence electrons. The van der Waals surface area contributed by atoms with Crippen LogP contribution in [0.15, 0.2) is 33.6 Å². The summed E-state index contributed by atoms with van der Waals surface area (Å²) < 4.78 is 72.1. The van der Waals surface area contributed by atoms with Gasteiger partial charge in [0.15, 0.2) is 0 Å². The molecule has 1 N–H and O–H groups in total. The number of carboxylic acid groups (broad SMARTS) is 1. The van der Waals surface area contributed by atoms with Crippen molar-refractivity contribution in [2.24, 2.45) is 5.92 Å². The van der Waals surface area contributed by atoms with Gasteiger partial charge in [0.2, 0.25) is 0 Å². The molecule has 12 heteroatoms. The van der Waals surface area contributed by atoms with E-state index < -0.39 is 46.7 Å². The van der Waals surface area contributed by atoms with Gasteiger partial charge in [-0.25, -0.2) is 8.78 Å². The average Bonchev–Trinajstić information content (AvgIpc) is 3.26. The first-order valence-electron chi connectivity index (χ1n) is 9.53. The van der Waals surface area contributed by atoms with Gasteiger partial charge in [-0.2, -0.15) is 13.2 Å². The van der Waals surface area contributed by atoms with Gasteiger partial charge in [0, 0.05) is 18.7 Å². The number of thioether (sulfide) groups is 1. The van der Waals surface area contributed by atoms with Gasteiger partial charge < -0.3 is 9.52 Å². The third-order valence-electron chi connectivity index (χ3n) is 4.84. The second kappa shape index (κ2) is 9.64. The maximum Gasteiger partial charge on any atom is 0.419 e. The van der Waals surface area contributed by atoms with Gasteiger partial charge >= 0.3 is 12.1 Å². The molecule has 0 bridgehead atoms. The molecule has 1 aliphatic heterocycles. The fourth-order valence-corrected chi connectivity index (χ4v) is 4.32. The molecule has 33 heavy (non-hydrogen) atoms. The molecule has 5 nitrogen and oxygen atoms in total. The Kier molecular flexibility index (Phi) is 7.27. The van der Waals surface area contributed by atoms with E-state index in [1.807, 2.05) is 0 Å². The number of furan rings is 1. The number of halogens is 5. The molecule has 3 rings (SSSR count). The van der Waals surface area contributed by atoms with Crippen molar-refractivity contribution in [2.75, 3.05) is 6.54 Å². The molecule has 1 aliphatic rings. The van der Waals surface area contributed by atoms with Crippen molar-refractivity contribution in [3.63, 3.8) is 0 Å². The van der Waals surface area contributed by atoms with Crippen molar-refractivity contribution in [3.05, 3.63) is 52.1 Å². The van der Waals surface area contributed by atoms with Crippen LogP contribution in [0.25, 0.3) is 17.4 Å². The molecule has 2 heterocycles. The number of amides is 1. The number of rotatable bonds is 7. The molecule has 0 saturated carbocycles. The Morgan fingerprint density at radius 2 is 1.97 bits per heavy atom. The highest BCUT2D eigenvalue weighted by atomic mass is 32.2. The molecule has 0 spiro atoms. The van der Waals surface area contributed by atoms with Gasteiger partial charge in [-0.05, 0) is 31.0 Å². The van der Waals surface area contributed by atoms with Crippen LogP contribution in [0.3, 0.4) is 0 Å². The van der Waals surface area contributed by atoms with Crippen molar-refractivity contribution >= 4 is 46.3 Å². The molecule has 1 aromatic heterocycles. The lowest BCUT2D eigenvalue weighted by atomic mass is 10.1. The topological polar surface area (TPSA) is 70.8 Å². The monoisotopic (exact) mass is 505 g/mol. The summed E-state index contributed by atoms with van der Waals surface area (Å²) in [5.74, 6) is -5.12. The summed E-state index contributed by atoms with van der Waals surface area (Å²) in [5.41, 5.74) is -2.21. The molecular weight excluding hydrogens is 489 g/mol. The van der Waals surface area contributed by atoms with Crippen LogP contribution in [0.4, 0.5) is 22.0 Å². The number of carboxylic acids is 1. The second-order valence-corrected chi connectivity index (χ2v) is 8.90. The highest BCUT2D eigenvalue weighted by Crippen LogP contribution is 2.37. The van der Waals surface area contributed by atoms with E-state index >= 15 is 0 Å². The number of thiocarbonyl (C=S) groups is 1. The van der Waals surface area contributed by atoms with Gasteiger partial charge in [0.25, 0.3) is 5.91 Å². The normalized spacial score (nSPS) is 16.7. The predicted molar refractivity (Wildman–Crippen MR) is 115 cm³/mol. The van der Waals surface area contributed by atoms with E-state index in [2.05, 4.69) is 0 Å². The zero-order chi connectivity index (χ0) is 24.5. The van der Waals surface area contributed by atoms with Crippen LogP contribution >= 0.6 is 24.0 Å². The lowest BCUT2D eigenvalue weighted by Gasteiger charge is -2.15.